The first-order chi connectivity index (χ1) is 15.5. The molecule has 0 bridgehead atoms. The lowest BCUT2D eigenvalue weighted by Crippen LogP contribution is -2.36. The van der Waals surface area contributed by atoms with Gasteiger partial charge in [0.25, 0.3) is 0 Å². The van der Waals surface area contributed by atoms with Crippen molar-refractivity contribution in [2.75, 3.05) is 40.3 Å². The highest BCUT2D eigenvalue weighted by atomic mass is 16.5. The predicted molar refractivity (Wildman–Crippen MR) is 124 cm³/mol. The number of hydrogen-bond donors (Lipinski definition) is 0. The molecule has 4 rings (SSSR count). The molecule has 6 heteroatoms. The first-order valence-corrected chi connectivity index (χ1v) is 11.8. The molecule has 0 aromatic heterocycles. The van der Waals surface area contributed by atoms with Crippen LogP contribution in [0.5, 0.6) is 0 Å². The normalized spacial score (nSPS) is 23.6. The molecule has 2 saturated heterocycles. The van der Waals surface area contributed by atoms with Crippen LogP contribution < -0.4 is 0 Å². The average Bonchev–Trinajstić information content (AvgIpc) is 2.82. The number of benzene rings is 1. The molecule has 1 atom stereocenters. The Labute approximate surface area is 190 Å². The highest BCUT2D eigenvalue weighted by Gasteiger charge is 2.25. The Bertz CT molecular complexity index is 860. The molecule has 0 amide bonds. The zero-order valence-electron chi connectivity index (χ0n) is 19.2. The van der Waals surface area contributed by atoms with Gasteiger partial charge in [-0.15, -0.1) is 0 Å². The first kappa shape index (κ1) is 22.7. The van der Waals surface area contributed by atoms with Gasteiger partial charge < -0.3 is 19.3 Å². The predicted octanol–water partition coefficient (Wildman–Crippen LogP) is 3.53. The fourth-order valence-corrected chi connectivity index (χ4v) is 4.48. The third-order valence-corrected chi connectivity index (χ3v) is 6.74. The highest BCUT2D eigenvalue weighted by Crippen LogP contribution is 2.26. The maximum atomic E-state index is 12.5. The second-order valence-corrected chi connectivity index (χ2v) is 9.29. The van der Waals surface area contributed by atoms with Crippen molar-refractivity contribution >= 4 is 17.5 Å². The largest absolute Gasteiger partial charge is 0.462 e. The van der Waals surface area contributed by atoms with Crippen LogP contribution in [0.2, 0.25) is 0 Å². The molecule has 0 radical (unpaired) electrons. The van der Waals surface area contributed by atoms with Crippen LogP contribution in [0.4, 0.5) is 0 Å². The third kappa shape index (κ3) is 5.87. The van der Waals surface area contributed by atoms with Crippen molar-refractivity contribution in [3.63, 3.8) is 0 Å². The van der Waals surface area contributed by atoms with Gasteiger partial charge in [0.1, 0.15) is 12.2 Å². The molecule has 6 nitrogen and oxygen atoms in total. The van der Waals surface area contributed by atoms with Crippen LogP contribution in [-0.4, -0.2) is 74.2 Å². The van der Waals surface area contributed by atoms with Crippen molar-refractivity contribution in [2.45, 2.75) is 44.3 Å². The average molecular weight is 439 g/mol. The molecular formula is C26H34N2O4. The van der Waals surface area contributed by atoms with Gasteiger partial charge in [0.15, 0.2) is 0 Å². The summed E-state index contributed by atoms with van der Waals surface area (Å²) in [5.41, 5.74) is 2.66. The fraction of sp³-hybridized carbons (Fsp3) is 0.538. The zero-order valence-corrected chi connectivity index (χ0v) is 19.2. The molecule has 0 N–H and O–H groups in total. The summed E-state index contributed by atoms with van der Waals surface area (Å²) in [6, 6.07) is 7.53. The quantitative estimate of drug-likeness (QED) is 0.656. The summed E-state index contributed by atoms with van der Waals surface area (Å²) in [6.45, 7) is 3.88. The Morgan fingerprint density at radius 1 is 0.844 bits per heavy atom. The monoisotopic (exact) mass is 438 g/mol. The molecule has 2 heterocycles. The van der Waals surface area contributed by atoms with Crippen LogP contribution in [0.25, 0.3) is 5.57 Å². The number of piperidine rings is 2. The van der Waals surface area contributed by atoms with Crippen LogP contribution in [0.15, 0.2) is 42.5 Å². The van der Waals surface area contributed by atoms with Crippen molar-refractivity contribution in [3.8, 4) is 0 Å². The Morgan fingerprint density at radius 3 is 1.94 bits per heavy atom. The lowest BCUT2D eigenvalue weighted by atomic mass is 9.92. The summed E-state index contributed by atoms with van der Waals surface area (Å²) >= 11 is 0. The summed E-state index contributed by atoms with van der Waals surface area (Å²) in [6.07, 6.45) is 10.3. The number of likely N-dealkylation sites (tertiary alicyclic amines) is 2. The molecule has 1 aromatic carbocycles. The molecule has 0 spiro atoms. The second-order valence-electron chi connectivity index (χ2n) is 9.29. The van der Waals surface area contributed by atoms with E-state index in [2.05, 4.69) is 30.0 Å². The number of hydrogen-bond acceptors (Lipinski definition) is 6. The topological polar surface area (TPSA) is 59.1 Å². The van der Waals surface area contributed by atoms with Crippen molar-refractivity contribution < 1.29 is 19.1 Å². The van der Waals surface area contributed by atoms with Gasteiger partial charge in [-0.3, -0.25) is 4.79 Å². The Kier molecular flexibility index (Phi) is 7.43. The minimum absolute atomic E-state index is 0.00794. The zero-order chi connectivity index (χ0) is 22.5. The van der Waals surface area contributed by atoms with Crippen LogP contribution in [-0.2, 0) is 14.3 Å². The summed E-state index contributed by atoms with van der Waals surface area (Å²) < 4.78 is 11.4. The maximum Gasteiger partial charge on any atom is 0.338 e. The smallest absolute Gasteiger partial charge is 0.338 e. The van der Waals surface area contributed by atoms with E-state index in [1.807, 2.05) is 36.4 Å². The minimum Gasteiger partial charge on any atom is -0.462 e. The lowest BCUT2D eigenvalue weighted by molar-refractivity contribution is -0.154. The van der Waals surface area contributed by atoms with Crippen molar-refractivity contribution in [1.82, 2.24) is 9.80 Å². The summed E-state index contributed by atoms with van der Waals surface area (Å²) in [5, 5.41) is 0. The van der Waals surface area contributed by atoms with Crippen LogP contribution in [0.1, 0.15) is 48.0 Å². The van der Waals surface area contributed by atoms with E-state index in [1.165, 1.54) is 0 Å². The van der Waals surface area contributed by atoms with Gasteiger partial charge in [0, 0.05) is 26.2 Å². The number of rotatable bonds is 5. The number of ether oxygens (including phenoxy) is 2. The molecule has 1 unspecified atom stereocenters. The molecule has 172 valence electrons. The number of carbonyl (C=O) groups is 2. The van der Waals surface area contributed by atoms with E-state index in [4.69, 9.17) is 9.47 Å². The van der Waals surface area contributed by atoms with Crippen molar-refractivity contribution in [2.24, 2.45) is 5.92 Å². The van der Waals surface area contributed by atoms with E-state index < -0.39 is 0 Å². The van der Waals surface area contributed by atoms with Gasteiger partial charge >= 0.3 is 11.9 Å². The lowest BCUT2D eigenvalue weighted by Gasteiger charge is -2.29. The van der Waals surface area contributed by atoms with Gasteiger partial charge in [-0.25, -0.2) is 4.79 Å². The van der Waals surface area contributed by atoms with Crippen LogP contribution in [0.3, 0.4) is 0 Å². The van der Waals surface area contributed by atoms with Crippen LogP contribution >= 0.6 is 0 Å². The summed E-state index contributed by atoms with van der Waals surface area (Å²) in [5.74, 6) is -0.601. The van der Waals surface area contributed by atoms with E-state index in [-0.39, 0.29) is 30.1 Å². The Balaban J connectivity index is 1.27. The molecule has 32 heavy (non-hydrogen) atoms. The Morgan fingerprint density at radius 2 is 1.41 bits per heavy atom. The molecular weight excluding hydrogens is 404 g/mol. The second kappa shape index (κ2) is 10.5. The van der Waals surface area contributed by atoms with E-state index in [9.17, 15) is 9.59 Å². The van der Waals surface area contributed by atoms with E-state index >= 15 is 0 Å². The number of esters is 2. The molecule has 3 aliphatic rings. The minimum atomic E-state index is -0.254. The molecule has 1 aliphatic carbocycles. The van der Waals surface area contributed by atoms with Gasteiger partial charge in [-0.05, 0) is 69.5 Å². The van der Waals surface area contributed by atoms with Crippen LogP contribution in [0, 0.1) is 5.92 Å². The van der Waals surface area contributed by atoms with E-state index in [0.29, 0.717) is 12.0 Å². The molecule has 0 saturated carbocycles. The standard InChI is InChI=1S/C26H34N2O4/c1-27-15-11-23(12-16-27)31-25(29)21-7-3-19(4-8-21)20-5-9-22(10-6-20)26(30)32-24-13-17-28(2)18-14-24/h3-9,22-24H,10-18H2,1-2H3. The maximum absolute atomic E-state index is 12.5. The summed E-state index contributed by atoms with van der Waals surface area (Å²) in [4.78, 5) is 29.5. The Hall–Kier alpha value is -2.44. The highest BCUT2D eigenvalue weighted by molar-refractivity contribution is 5.90. The first-order valence-electron chi connectivity index (χ1n) is 11.8. The van der Waals surface area contributed by atoms with Crippen molar-refractivity contribution in [3.05, 3.63) is 53.6 Å². The number of carbonyl (C=O) groups excluding carboxylic acids is 2. The van der Waals surface area contributed by atoms with Gasteiger partial charge in [0.2, 0.25) is 0 Å². The third-order valence-electron chi connectivity index (χ3n) is 6.74. The summed E-state index contributed by atoms with van der Waals surface area (Å²) in [7, 11) is 4.19. The van der Waals surface area contributed by atoms with Gasteiger partial charge in [0.05, 0.1) is 11.5 Å². The molecule has 2 aliphatic heterocycles. The molecule has 1 aromatic rings. The van der Waals surface area contributed by atoms with Gasteiger partial charge in [-0.1, -0.05) is 30.4 Å². The van der Waals surface area contributed by atoms with E-state index in [0.717, 1.165) is 63.0 Å². The number of nitrogens with zero attached hydrogens (tertiary/aromatic N) is 2. The van der Waals surface area contributed by atoms with Crippen molar-refractivity contribution in [1.29, 1.82) is 0 Å². The van der Waals surface area contributed by atoms with Gasteiger partial charge in [-0.2, -0.15) is 0 Å². The van der Waals surface area contributed by atoms with E-state index in [1.54, 1.807) is 0 Å². The SMILES string of the molecule is CN1CCC(OC(=O)c2ccc(C3=CCC(C(=O)OC4CCN(C)CC4)C=C3)cc2)CC1. The number of allylic oxidation sites excluding steroid dienone is 3. The molecule has 2 fully saturated rings. The fourth-order valence-electron chi connectivity index (χ4n) is 4.48.